The van der Waals surface area contributed by atoms with Gasteiger partial charge in [0.25, 0.3) is 0 Å². The van der Waals surface area contributed by atoms with Crippen LogP contribution in [0.5, 0.6) is 0 Å². The summed E-state index contributed by atoms with van der Waals surface area (Å²) in [5.41, 5.74) is 6.76. The standard InChI is InChI=1S/C15H23N3O.2ClH/c1-12(10-16)15(19)17-13-6-5-9-18(11-13)14-7-3-2-4-8-14;;/h2-4,7-8,12-13H,5-6,9-11,16H2,1H3,(H,17,19);2*1H. The number of rotatable bonds is 4. The number of hydrogen-bond acceptors (Lipinski definition) is 3. The average molecular weight is 334 g/mol. The molecule has 2 atom stereocenters. The lowest BCUT2D eigenvalue weighted by atomic mass is 10.0. The van der Waals surface area contributed by atoms with Gasteiger partial charge in [-0.2, -0.15) is 0 Å². The number of halogens is 2. The maximum atomic E-state index is 11.9. The molecule has 0 bridgehead atoms. The van der Waals surface area contributed by atoms with Crippen molar-refractivity contribution in [2.75, 3.05) is 24.5 Å². The van der Waals surface area contributed by atoms with Crippen molar-refractivity contribution >= 4 is 36.4 Å². The van der Waals surface area contributed by atoms with Gasteiger partial charge in [0.15, 0.2) is 0 Å². The fourth-order valence-corrected chi connectivity index (χ4v) is 2.42. The van der Waals surface area contributed by atoms with Gasteiger partial charge < -0.3 is 16.0 Å². The van der Waals surface area contributed by atoms with Crippen LogP contribution < -0.4 is 16.0 Å². The number of nitrogens with one attached hydrogen (secondary N) is 1. The molecule has 1 saturated heterocycles. The highest BCUT2D eigenvalue weighted by Gasteiger charge is 2.22. The number of nitrogens with two attached hydrogens (primary N) is 1. The zero-order valence-corrected chi connectivity index (χ0v) is 14.0. The molecule has 4 nitrogen and oxygen atoms in total. The molecule has 0 aromatic heterocycles. The number of carbonyl (C=O) groups is 1. The van der Waals surface area contributed by atoms with Gasteiger partial charge in [-0.15, -0.1) is 24.8 Å². The number of piperidine rings is 1. The van der Waals surface area contributed by atoms with Crippen molar-refractivity contribution in [2.45, 2.75) is 25.8 Å². The van der Waals surface area contributed by atoms with Crippen molar-refractivity contribution < 1.29 is 4.79 Å². The Bertz CT molecular complexity index is 417. The van der Waals surface area contributed by atoms with Gasteiger partial charge in [-0.1, -0.05) is 25.1 Å². The second-order valence-corrected chi connectivity index (χ2v) is 5.27. The molecule has 2 rings (SSSR count). The van der Waals surface area contributed by atoms with E-state index in [0.717, 1.165) is 25.9 Å². The van der Waals surface area contributed by atoms with Crippen LogP contribution in [0.3, 0.4) is 0 Å². The third kappa shape index (κ3) is 5.73. The first-order chi connectivity index (χ1) is 9.20. The van der Waals surface area contributed by atoms with Crippen molar-refractivity contribution in [2.24, 2.45) is 11.7 Å². The van der Waals surface area contributed by atoms with E-state index >= 15 is 0 Å². The van der Waals surface area contributed by atoms with Crippen LogP contribution in [-0.4, -0.2) is 31.6 Å². The SMILES string of the molecule is CC(CN)C(=O)NC1CCCN(c2ccccc2)C1.Cl.Cl. The molecule has 1 aliphatic rings. The Labute approximate surface area is 139 Å². The van der Waals surface area contributed by atoms with Gasteiger partial charge in [0.05, 0.1) is 0 Å². The Balaban J connectivity index is 0.00000200. The highest BCUT2D eigenvalue weighted by atomic mass is 35.5. The van der Waals surface area contributed by atoms with E-state index in [1.807, 2.05) is 25.1 Å². The van der Waals surface area contributed by atoms with Gasteiger partial charge in [-0.05, 0) is 25.0 Å². The largest absolute Gasteiger partial charge is 0.369 e. The smallest absolute Gasteiger partial charge is 0.224 e. The Morgan fingerprint density at radius 3 is 2.67 bits per heavy atom. The van der Waals surface area contributed by atoms with E-state index in [2.05, 4.69) is 22.3 Å². The molecule has 1 aromatic rings. The molecular formula is C15H25Cl2N3O. The number of hydrogen-bond donors (Lipinski definition) is 2. The summed E-state index contributed by atoms with van der Waals surface area (Å²) in [6, 6.07) is 10.6. The molecule has 120 valence electrons. The topological polar surface area (TPSA) is 58.4 Å². The van der Waals surface area contributed by atoms with Crippen LogP contribution in [0.1, 0.15) is 19.8 Å². The van der Waals surface area contributed by atoms with E-state index < -0.39 is 0 Å². The number of amides is 1. The lowest BCUT2D eigenvalue weighted by molar-refractivity contribution is -0.124. The highest BCUT2D eigenvalue weighted by Crippen LogP contribution is 2.19. The Morgan fingerprint density at radius 1 is 1.38 bits per heavy atom. The molecule has 1 fully saturated rings. The van der Waals surface area contributed by atoms with Crippen LogP contribution in [0.4, 0.5) is 5.69 Å². The number of nitrogens with zero attached hydrogens (tertiary/aromatic N) is 1. The first-order valence-electron chi connectivity index (χ1n) is 7.01. The van der Waals surface area contributed by atoms with E-state index in [4.69, 9.17) is 5.73 Å². The summed E-state index contributed by atoms with van der Waals surface area (Å²) in [6.45, 7) is 4.21. The number of carbonyl (C=O) groups excluding carboxylic acids is 1. The van der Waals surface area contributed by atoms with Crippen LogP contribution in [0, 0.1) is 5.92 Å². The molecule has 6 heteroatoms. The van der Waals surface area contributed by atoms with Crippen molar-refractivity contribution in [1.29, 1.82) is 0 Å². The van der Waals surface area contributed by atoms with E-state index in [1.54, 1.807) is 0 Å². The third-order valence-corrected chi connectivity index (χ3v) is 3.69. The molecule has 0 aliphatic carbocycles. The first kappa shape index (κ1) is 20.0. The summed E-state index contributed by atoms with van der Waals surface area (Å²) in [7, 11) is 0. The summed E-state index contributed by atoms with van der Waals surface area (Å²) in [6.07, 6.45) is 2.16. The Kier molecular flexibility index (Phi) is 9.42. The van der Waals surface area contributed by atoms with Gasteiger partial charge in [-0.3, -0.25) is 4.79 Å². The molecule has 1 heterocycles. The summed E-state index contributed by atoms with van der Waals surface area (Å²) in [5, 5.41) is 3.11. The maximum absolute atomic E-state index is 11.9. The van der Waals surface area contributed by atoms with Crippen molar-refractivity contribution in [3.05, 3.63) is 30.3 Å². The molecule has 0 saturated carbocycles. The zero-order chi connectivity index (χ0) is 13.7. The minimum atomic E-state index is -0.105. The van der Waals surface area contributed by atoms with Crippen LogP contribution in [0.2, 0.25) is 0 Å². The van der Waals surface area contributed by atoms with E-state index in [9.17, 15) is 4.79 Å². The molecule has 2 unspecified atom stereocenters. The molecule has 21 heavy (non-hydrogen) atoms. The predicted octanol–water partition coefficient (Wildman–Crippen LogP) is 2.21. The highest BCUT2D eigenvalue weighted by molar-refractivity contribution is 5.85. The Hall–Kier alpha value is -0.970. The van der Waals surface area contributed by atoms with Gasteiger partial charge >= 0.3 is 0 Å². The van der Waals surface area contributed by atoms with E-state index in [1.165, 1.54) is 5.69 Å². The quantitative estimate of drug-likeness (QED) is 0.888. The summed E-state index contributed by atoms with van der Waals surface area (Å²) in [5.74, 6) is -0.0329. The molecule has 1 aliphatic heterocycles. The maximum Gasteiger partial charge on any atom is 0.224 e. The fraction of sp³-hybridized carbons (Fsp3) is 0.533. The van der Waals surface area contributed by atoms with Crippen molar-refractivity contribution in [3.63, 3.8) is 0 Å². The molecular weight excluding hydrogens is 309 g/mol. The summed E-state index contributed by atoms with van der Waals surface area (Å²) in [4.78, 5) is 14.2. The van der Waals surface area contributed by atoms with Gasteiger partial charge in [0.2, 0.25) is 5.91 Å². The van der Waals surface area contributed by atoms with Crippen LogP contribution in [-0.2, 0) is 4.79 Å². The van der Waals surface area contributed by atoms with E-state index in [-0.39, 0.29) is 42.7 Å². The number of para-hydroxylation sites is 1. The lowest BCUT2D eigenvalue weighted by Crippen LogP contribution is -2.49. The second-order valence-electron chi connectivity index (χ2n) is 5.27. The predicted molar refractivity (Wildman–Crippen MR) is 92.5 cm³/mol. The normalized spacial score (nSPS) is 19.0. The van der Waals surface area contributed by atoms with Gasteiger partial charge in [0.1, 0.15) is 0 Å². The van der Waals surface area contributed by atoms with Crippen molar-refractivity contribution in [1.82, 2.24) is 5.32 Å². The van der Waals surface area contributed by atoms with Gasteiger partial charge in [0, 0.05) is 37.3 Å². The molecule has 1 aromatic carbocycles. The monoisotopic (exact) mass is 333 g/mol. The average Bonchev–Trinajstić information content (AvgIpc) is 2.47. The minimum Gasteiger partial charge on any atom is -0.369 e. The number of anilines is 1. The van der Waals surface area contributed by atoms with Crippen molar-refractivity contribution in [3.8, 4) is 0 Å². The van der Waals surface area contributed by atoms with Crippen LogP contribution in [0.15, 0.2) is 30.3 Å². The molecule has 0 radical (unpaired) electrons. The fourth-order valence-electron chi connectivity index (χ4n) is 2.42. The van der Waals surface area contributed by atoms with Crippen LogP contribution in [0.25, 0.3) is 0 Å². The minimum absolute atomic E-state index is 0. The van der Waals surface area contributed by atoms with Gasteiger partial charge in [-0.25, -0.2) is 0 Å². The second kappa shape index (κ2) is 9.87. The molecule has 1 amide bonds. The Morgan fingerprint density at radius 2 is 2.05 bits per heavy atom. The molecule has 0 spiro atoms. The summed E-state index contributed by atoms with van der Waals surface area (Å²) >= 11 is 0. The number of benzene rings is 1. The molecule has 3 N–H and O–H groups in total. The third-order valence-electron chi connectivity index (χ3n) is 3.69. The first-order valence-corrected chi connectivity index (χ1v) is 7.01. The lowest BCUT2D eigenvalue weighted by Gasteiger charge is -2.35. The summed E-state index contributed by atoms with van der Waals surface area (Å²) < 4.78 is 0. The van der Waals surface area contributed by atoms with E-state index in [0.29, 0.717) is 6.54 Å². The van der Waals surface area contributed by atoms with Crippen LogP contribution >= 0.6 is 24.8 Å². The zero-order valence-electron chi connectivity index (χ0n) is 12.3.